The molecule has 5 nitrogen and oxygen atoms in total. The first kappa shape index (κ1) is 11.1. The lowest BCUT2D eigenvalue weighted by Crippen LogP contribution is -2.18. The molecule has 94 valence electrons. The van der Waals surface area contributed by atoms with Gasteiger partial charge in [0.25, 0.3) is 5.56 Å². The van der Waals surface area contributed by atoms with E-state index < -0.39 is 0 Å². The standard InChI is InChI=1S/C13H16N4O/c1-7(8-2-3-8)17-12-5-11-9(4-10(12)14)13(18)16-6-15-11/h4-8,17H,2-3,14H2,1H3,(H,15,16,18). The number of fused-ring (bicyclic) bond motifs is 1. The number of aromatic nitrogens is 2. The van der Waals surface area contributed by atoms with E-state index in [-0.39, 0.29) is 5.56 Å². The smallest absolute Gasteiger partial charge is 0.258 e. The fourth-order valence-electron chi connectivity index (χ4n) is 2.22. The average Bonchev–Trinajstić information content (AvgIpc) is 3.15. The molecule has 1 aromatic carbocycles. The summed E-state index contributed by atoms with van der Waals surface area (Å²) in [6.45, 7) is 2.16. The van der Waals surface area contributed by atoms with Gasteiger partial charge in [0.1, 0.15) is 0 Å². The van der Waals surface area contributed by atoms with Crippen molar-refractivity contribution in [1.82, 2.24) is 9.97 Å². The maximum Gasteiger partial charge on any atom is 0.258 e. The number of nitrogens with zero attached hydrogens (tertiary/aromatic N) is 1. The maximum absolute atomic E-state index is 11.6. The SMILES string of the molecule is CC(Nc1cc2nc[nH]c(=O)c2cc1N)C1CC1. The minimum absolute atomic E-state index is 0.159. The zero-order chi connectivity index (χ0) is 12.7. The summed E-state index contributed by atoms with van der Waals surface area (Å²) >= 11 is 0. The molecule has 1 aliphatic carbocycles. The molecule has 0 amide bonds. The van der Waals surface area contributed by atoms with Gasteiger partial charge in [0.05, 0.1) is 28.6 Å². The second-order valence-corrected chi connectivity index (χ2v) is 4.96. The number of nitrogens with two attached hydrogens (primary N) is 1. The lowest BCUT2D eigenvalue weighted by atomic mass is 10.1. The van der Waals surface area contributed by atoms with Gasteiger partial charge in [-0.1, -0.05) is 0 Å². The van der Waals surface area contributed by atoms with Gasteiger partial charge < -0.3 is 16.0 Å². The molecule has 0 saturated heterocycles. The number of anilines is 2. The highest BCUT2D eigenvalue weighted by Gasteiger charge is 2.28. The number of aromatic amines is 1. The minimum Gasteiger partial charge on any atom is -0.397 e. The zero-order valence-electron chi connectivity index (χ0n) is 10.2. The van der Waals surface area contributed by atoms with Crippen LogP contribution in [0.3, 0.4) is 0 Å². The van der Waals surface area contributed by atoms with Gasteiger partial charge in [0, 0.05) is 6.04 Å². The first-order valence-corrected chi connectivity index (χ1v) is 6.18. The van der Waals surface area contributed by atoms with Crippen LogP contribution in [0.4, 0.5) is 11.4 Å². The molecule has 1 saturated carbocycles. The maximum atomic E-state index is 11.6. The Bertz CT molecular complexity index is 645. The fourth-order valence-corrected chi connectivity index (χ4v) is 2.22. The Balaban J connectivity index is 2.01. The van der Waals surface area contributed by atoms with Gasteiger partial charge in [0.2, 0.25) is 0 Å². The highest BCUT2D eigenvalue weighted by molar-refractivity contribution is 5.88. The monoisotopic (exact) mass is 244 g/mol. The predicted molar refractivity (Wildman–Crippen MR) is 72.6 cm³/mol. The van der Waals surface area contributed by atoms with Gasteiger partial charge in [-0.25, -0.2) is 4.98 Å². The van der Waals surface area contributed by atoms with E-state index in [2.05, 4.69) is 22.2 Å². The molecule has 3 rings (SSSR count). The molecule has 0 radical (unpaired) electrons. The number of benzene rings is 1. The summed E-state index contributed by atoms with van der Waals surface area (Å²) < 4.78 is 0. The second kappa shape index (κ2) is 4.01. The third-order valence-corrected chi connectivity index (χ3v) is 3.52. The minimum atomic E-state index is -0.159. The van der Waals surface area contributed by atoms with Gasteiger partial charge in [0.15, 0.2) is 0 Å². The van der Waals surface area contributed by atoms with E-state index in [4.69, 9.17) is 5.73 Å². The lowest BCUT2D eigenvalue weighted by Gasteiger charge is -2.16. The van der Waals surface area contributed by atoms with Gasteiger partial charge in [-0.2, -0.15) is 0 Å². The number of hydrogen-bond acceptors (Lipinski definition) is 4. The number of H-pyrrole nitrogens is 1. The zero-order valence-corrected chi connectivity index (χ0v) is 10.2. The van der Waals surface area contributed by atoms with Gasteiger partial charge in [-0.15, -0.1) is 0 Å². The summed E-state index contributed by atoms with van der Waals surface area (Å²) in [4.78, 5) is 18.3. The molecule has 18 heavy (non-hydrogen) atoms. The highest BCUT2D eigenvalue weighted by Crippen LogP contribution is 2.35. The average molecular weight is 244 g/mol. The highest BCUT2D eigenvalue weighted by atomic mass is 16.1. The summed E-state index contributed by atoms with van der Waals surface area (Å²) in [6, 6.07) is 3.94. The van der Waals surface area contributed by atoms with Crippen LogP contribution in [0.2, 0.25) is 0 Å². The first-order valence-electron chi connectivity index (χ1n) is 6.18. The Labute approximate surface area is 104 Å². The van der Waals surface area contributed by atoms with Crippen LogP contribution in [0.15, 0.2) is 23.3 Å². The molecule has 1 atom stereocenters. The molecule has 5 heteroatoms. The first-order chi connectivity index (χ1) is 8.65. The Morgan fingerprint density at radius 1 is 1.50 bits per heavy atom. The third kappa shape index (κ3) is 1.92. The van der Waals surface area contributed by atoms with Crippen molar-refractivity contribution in [2.45, 2.75) is 25.8 Å². The van der Waals surface area contributed by atoms with Crippen molar-refractivity contribution < 1.29 is 0 Å². The van der Waals surface area contributed by atoms with E-state index in [0.717, 1.165) is 11.6 Å². The molecule has 1 fully saturated rings. The molecule has 1 aliphatic rings. The molecule has 1 aromatic heterocycles. The van der Waals surface area contributed by atoms with E-state index in [1.807, 2.05) is 6.07 Å². The molecule has 0 spiro atoms. The van der Waals surface area contributed by atoms with E-state index in [1.165, 1.54) is 19.2 Å². The van der Waals surface area contributed by atoms with Gasteiger partial charge >= 0.3 is 0 Å². The summed E-state index contributed by atoms with van der Waals surface area (Å²) in [6.07, 6.45) is 3.97. The Morgan fingerprint density at radius 3 is 3.00 bits per heavy atom. The van der Waals surface area contributed by atoms with Crippen LogP contribution in [0.1, 0.15) is 19.8 Å². The summed E-state index contributed by atoms with van der Waals surface area (Å²) in [5.74, 6) is 0.743. The van der Waals surface area contributed by atoms with Crippen molar-refractivity contribution >= 4 is 22.3 Å². The van der Waals surface area contributed by atoms with E-state index in [0.29, 0.717) is 22.6 Å². The van der Waals surface area contributed by atoms with Gasteiger partial charge in [-0.3, -0.25) is 4.79 Å². The summed E-state index contributed by atoms with van der Waals surface area (Å²) in [5.41, 5.74) is 7.94. The molecule has 0 aliphatic heterocycles. The van der Waals surface area contributed by atoms with Crippen molar-refractivity contribution in [1.29, 1.82) is 0 Å². The van der Waals surface area contributed by atoms with Crippen LogP contribution < -0.4 is 16.6 Å². The van der Waals surface area contributed by atoms with Gasteiger partial charge in [-0.05, 0) is 37.8 Å². The third-order valence-electron chi connectivity index (χ3n) is 3.52. The molecule has 4 N–H and O–H groups in total. The van der Waals surface area contributed by atoms with Crippen molar-refractivity contribution in [3.63, 3.8) is 0 Å². The Morgan fingerprint density at radius 2 is 2.28 bits per heavy atom. The molecule has 1 heterocycles. The topological polar surface area (TPSA) is 83.8 Å². The summed E-state index contributed by atoms with van der Waals surface area (Å²) in [5, 5.41) is 3.93. The van der Waals surface area contributed by atoms with Crippen LogP contribution >= 0.6 is 0 Å². The van der Waals surface area contributed by atoms with Crippen LogP contribution in [0.25, 0.3) is 10.9 Å². The molecular weight excluding hydrogens is 228 g/mol. The second-order valence-electron chi connectivity index (χ2n) is 4.96. The van der Waals surface area contributed by atoms with E-state index >= 15 is 0 Å². The predicted octanol–water partition coefficient (Wildman–Crippen LogP) is 1.72. The van der Waals surface area contributed by atoms with Crippen molar-refractivity contribution in [2.75, 3.05) is 11.1 Å². The number of nitrogens with one attached hydrogen (secondary N) is 2. The van der Waals surface area contributed by atoms with Crippen LogP contribution in [-0.2, 0) is 0 Å². The largest absolute Gasteiger partial charge is 0.397 e. The Kier molecular flexibility index (Phi) is 2.47. The van der Waals surface area contributed by atoms with Crippen LogP contribution in [-0.4, -0.2) is 16.0 Å². The van der Waals surface area contributed by atoms with E-state index in [9.17, 15) is 4.79 Å². The summed E-state index contributed by atoms with van der Waals surface area (Å²) in [7, 11) is 0. The quantitative estimate of drug-likeness (QED) is 0.718. The number of hydrogen-bond donors (Lipinski definition) is 3. The molecule has 0 bridgehead atoms. The van der Waals surface area contributed by atoms with Crippen molar-refractivity contribution in [3.8, 4) is 0 Å². The van der Waals surface area contributed by atoms with Crippen molar-refractivity contribution in [2.24, 2.45) is 5.92 Å². The normalized spacial score (nSPS) is 16.7. The number of rotatable bonds is 3. The van der Waals surface area contributed by atoms with Crippen molar-refractivity contribution in [3.05, 3.63) is 28.8 Å². The Hall–Kier alpha value is -2.04. The van der Waals surface area contributed by atoms with Crippen LogP contribution in [0.5, 0.6) is 0 Å². The molecule has 2 aromatic rings. The molecular formula is C13H16N4O. The van der Waals surface area contributed by atoms with E-state index in [1.54, 1.807) is 6.07 Å². The molecule has 1 unspecified atom stereocenters. The fraction of sp³-hybridized carbons (Fsp3) is 0.385. The van der Waals surface area contributed by atoms with Crippen LogP contribution in [0, 0.1) is 5.92 Å². The lowest BCUT2D eigenvalue weighted by molar-refractivity contribution is 0.694. The number of nitrogen functional groups attached to an aromatic ring is 1.